The highest BCUT2D eigenvalue weighted by Crippen LogP contribution is 2.26. The van der Waals surface area contributed by atoms with Gasteiger partial charge in [0.1, 0.15) is 0 Å². The summed E-state index contributed by atoms with van der Waals surface area (Å²) in [6.45, 7) is 0.950. The number of nitro benzene ring substituents is 1. The first-order valence-corrected chi connectivity index (χ1v) is 10.9. The minimum absolute atomic E-state index is 0.0615. The summed E-state index contributed by atoms with van der Waals surface area (Å²) in [5, 5.41) is 13.3. The van der Waals surface area contributed by atoms with Crippen LogP contribution in [0.2, 0.25) is 0 Å². The third-order valence-electron chi connectivity index (χ3n) is 4.47. The molecular formula is C18H18BrN3O5S. The summed E-state index contributed by atoms with van der Waals surface area (Å²) in [4.78, 5) is 22.9. The maximum Gasteiger partial charge on any atom is 0.269 e. The normalized spacial score (nSPS) is 15.2. The minimum Gasteiger partial charge on any atom is -0.322 e. The lowest BCUT2D eigenvalue weighted by atomic mass is 10.2. The van der Waals surface area contributed by atoms with Crippen LogP contribution < -0.4 is 5.32 Å². The van der Waals surface area contributed by atoms with E-state index < -0.39 is 20.9 Å². The monoisotopic (exact) mass is 467 g/mol. The quantitative estimate of drug-likeness (QED) is 0.531. The van der Waals surface area contributed by atoms with Gasteiger partial charge in [-0.1, -0.05) is 6.42 Å². The van der Waals surface area contributed by atoms with E-state index in [1.165, 1.54) is 46.8 Å². The number of hydrogen-bond donors (Lipinski definition) is 1. The maximum atomic E-state index is 12.8. The minimum atomic E-state index is -3.67. The fourth-order valence-corrected chi connectivity index (χ4v) is 4.93. The number of benzene rings is 2. The van der Waals surface area contributed by atoms with E-state index in [2.05, 4.69) is 21.2 Å². The second-order valence-electron chi connectivity index (χ2n) is 6.36. The largest absolute Gasteiger partial charge is 0.322 e. The highest BCUT2D eigenvalue weighted by atomic mass is 79.9. The van der Waals surface area contributed by atoms with Gasteiger partial charge >= 0.3 is 0 Å². The molecular weight excluding hydrogens is 450 g/mol. The lowest BCUT2D eigenvalue weighted by molar-refractivity contribution is -0.384. The van der Waals surface area contributed by atoms with Crippen LogP contribution in [0.1, 0.15) is 29.6 Å². The van der Waals surface area contributed by atoms with Gasteiger partial charge < -0.3 is 5.32 Å². The number of piperidine rings is 1. The summed E-state index contributed by atoms with van der Waals surface area (Å²) in [5.41, 5.74) is 0.442. The van der Waals surface area contributed by atoms with Gasteiger partial charge in [0.2, 0.25) is 10.0 Å². The van der Waals surface area contributed by atoms with E-state index >= 15 is 0 Å². The molecule has 1 aliphatic rings. The Kier molecular flexibility index (Phi) is 6.11. The van der Waals surface area contributed by atoms with Crippen LogP contribution in [0.4, 0.5) is 11.4 Å². The molecule has 0 aromatic heterocycles. The topological polar surface area (TPSA) is 110 Å². The van der Waals surface area contributed by atoms with Gasteiger partial charge in [-0.25, -0.2) is 8.42 Å². The molecule has 148 valence electrons. The molecule has 0 unspecified atom stereocenters. The van der Waals surface area contributed by atoms with E-state index in [1.807, 2.05) is 0 Å². The lowest BCUT2D eigenvalue weighted by Gasteiger charge is -2.26. The molecule has 0 spiro atoms. The van der Waals surface area contributed by atoms with E-state index in [9.17, 15) is 23.3 Å². The number of nitrogens with zero attached hydrogens (tertiary/aromatic N) is 2. The second-order valence-corrected chi connectivity index (χ2v) is 9.16. The Hall–Kier alpha value is -2.30. The number of amides is 1. The molecule has 2 aromatic carbocycles. The predicted octanol–water partition coefficient (Wildman–Crippen LogP) is 3.78. The number of carbonyl (C=O) groups excluding carboxylic acids is 1. The van der Waals surface area contributed by atoms with Crippen LogP contribution in [0.25, 0.3) is 0 Å². The zero-order valence-corrected chi connectivity index (χ0v) is 17.2. The third-order valence-corrected chi connectivity index (χ3v) is 7.06. The van der Waals surface area contributed by atoms with Gasteiger partial charge in [-0.05, 0) is 59.1 Å². The average Bonchev–Trinajstić information content (AvgIpc) is 2.69. The Morgan fingerprint density at radius 2 is 1.71 bits per heavy atom. The van der Waals surface area contributed by atoms with Crippen LogP contribution in [0.5, 0.6) is 0 Å². The van der Waals surface area contributed by atoms with Gasteiger partial charge in [-0.2, -0.15) is 4.31 Å². The van der Waals surface area contributed by atoms with Crippen LogP contribution in [0, 0.1) is 10.1 Å². The molecule has 1 amide bonds. The fourth-order valence-electron chi connectivity index (χ4n) is 2.96. The van der Waals surface area contributed by atoms with Crippen molar-refractivity contribution in [1.82, 2.24) is 4.31 Å². The molecule has 8 nitrogen and oxygen atoms in total. The van der Waals surface area contributed by atoms with Crippen molar-refractivity contribution in [2.45, 2.75) is 24.2 Å². The molecule has 2 aromatic rings. The van der Waals surface area contributed by atoms with Crippen LogP contribution in [0.3, 0.4) is 0 Å². The molecule has 1 N–H and O–H groups in total. The van der Waals surface area contributed by atoms with Gasteiger partial charge in [0.05, 0.1) is 15.4 Å². The Labute approximate surface area is 170 Å². The van der Waals surface area contributed by atoms with Crippen LogP contribution in [0.15, 0.2) is 51.8 Å². The van der Waals surface area contributed by atoms with Gasteiger partial charge in [0, 0.05) is 35.4 Å². The molecule has 1 fully saturated rings. The molecule has 0 atom stereocenters. The lowest BCUT2D eigenvalue weighted by Crippen LogP contribution is -2.35. The van der Waals surface area contributed by atoms with Crippen molar-refractivity contribution < 1.29 is 18.1 Å². The molecule has 28 heavy (non-hydrogen) atoms. The fraction of sp³-hybridized carbons (Fsp3) is 0.278. The highest BCUT2D eigenvalue weighted by Gasteiger charge is 2.27. The Balaban J connectivity index is 1.84. The third kappa shape index (κ3) is 4.40. The number of halogens is 1. The van der Waals surface area contributed by atoms with Gasteiger partial charge in [-0.15, -0.1) is 0 Å². The van der Waals surface area contributed by atoms with E-state index in [0.717, 1.165) is 19.3 Å². The van der Waals surface area contributed by atoms with E-state index in [-0.39, 0.29) is 16.1 Å². The molecule has 10 heteroatoms. The van der Waals surface area contributed by atoms with Crippen molar-refractivity contribution in [3.8, 4) is 0 Å². The zero-order chi connectivity index (χ0) is 20.3. The molecule has 1 heterocycles. The molecule has 1 saturated heterocycles. The number of nitro groups is 1. The molecule has 1 aliphatic heterocycles. The summed E-state index contributed by atoms with van der Waals surface area (Å²) in [6, 6.07) is 9.73. The average molecular weight is 468 g/mol. The summed E-state index contributed by atoms with van der Waals surface area (Å²) in [6.07, 6.45) is 2.65. The Morgan fingerprint density at radius 3 is 2.32 bits per heavy atom. The smallest absolute Gasteiger partial charge is 0.269 e. The molecule has 0 aliphatic carbocycles. The molecule has 0 bridgehead atoms. The van der Waals surface area contributed by atoms with Crippen molar-refractivity contribution in [3.63, 3.8) is 0 Å². The summed E-state index contributed by atoms with van der Waals surface area (Å²) in [7, 11) is -3.67. The molecule has 3 rings (SSSR count). The highest BCUT2D eigenvalue weighted by molar-refractivity contribution is 9.10. The maximum absolute atomic E-state index is 12.8. The predicted molar refractivity (Wildman–Crippen MR) is 108 cm³/mol. The van der Waals surface area contributed by atoms with Crippen molar-refractivity contribution in [1.29, 1.82) is 0 Å². The van der Waals surface area contributed by atoms with Crippen molar-refractivity contribution in [2.75, 3.05) is 18.4 Å². The summed E-state index contributed by atoms with van der Waals surface area (Å²) >= 11 is 3.28. The van der Waals surface area contributed by atoms with Crippen LogP contribution in [-0.2, 0) is 10.0 Å². The van der Waals surface area contributed by atoms with Crippen LogP contribution >= 0.6 is 15.9 Å². The Bertz CT molecular complexity index is 1000. The van der Waals surface area contributed by atoms with Crippen molar-refractivity contribution in [2.24, 2.45) is 0 Å². The zero-order valence-electron chi connectivity index (χ0n) is 14.8. The van der Waals surface area contributed by atoms with Crippen molar-refractivity contribution >= 4 is 43.2 Å². The van der Waals surface area contributed by atoms with E-state index in [0.29, 0.717) is 23.2 Å². The Morgan fingerprint density at radius 1 is 1.07 bits per heavy atom. The first-order valence-electron chi connectivity index (χ1n) is 8.64. The first-order chi connectivity index (χ1) is 13.3. The SMILES string of the molecule is O=C(Nc1ccc([N+](=O)[O-])cc1)c1cc(S(=O)(=O)N2CCCCC2)ccc1Br. The number of nitrogens with one attached hydrogen (secondary N) is 1. The number of anilines is 1. The van der Waals surface area contributed by atoms with Gasteiger partial charge in [0.15, 0.2) is 0 Å². The van der Waals surface area contributed by atoms with Gasteiger partial charge in [-0.3, -0.25) is 14.9 Å². The standard InChI is InChI=1S/C18H18BrN3O5S/c19-17-9-8-15(28(26,27)21-10-2-1-3-11-21)12-16(17)18(23)20-13-4-6-14(7-5-13)22(24)25/h4-9,12H,1-3,10-11H2,(H,20,23). The van der Waals surface area contributed by atoms with E-state index in [1.54, 1.807) is 0 Å². The summed E-state index contributed by atoms with van der Waals surface area (Å²) < 4.78 is 27.6. The van der Waals surface area contributed by atoms with Gasteiger partial charge in [0.25, 0.3) is 11.6 Å². The summed E-state index contributed by atoms with van der Waals surface area (Å²) in [5.74, 6) is -0.517. The molecule has 0 saturated carbocycles. The number of non-ortho nitro benzene ring substituents is 1. The van der Waals surface area contributed by atoms with Crippen molar-refractivity contribution in [3.05, 3.63) is 62.6 Å². The van der Waals surface area contributed by atoms with Crippen LogP contribution in [-0.4, -0.2) is 36.6 Å². The molecule has 0 radical (unpaired) electrons. The second kappa shape index (κ2) is 8.38. The van der Waals surface area contributed by atoms with E-state index in [4.69, 9.17) is 0 Å². The number of sulfonamides is 1. The first kappa shape index (κ1) is 20.4. The number of hydrogen-bond acceptors (Lipinski definition) is 5. The number of rotatable bonds is 5. The number of carbonyl (C=O) groups is 1.